The topological polar surface area (TPSA) is 43.8 Å². The molecule has 0 fully saturated rings. The van der Waals surface area contributed by atoms with Crippen LogP contribution < -0.4 is 5.73 Å². The van der Waals surface area contributed by atoms with Gasteiger partial charge in [0.15, 0.2) is 0 Å². The third kappa shape index (κ3) is 1.87. The van der Waals surface area contributed by atoms with Gasteiger partial charge in [0, 0.05) is 12.1 Å². The zero-order chi connectivity index (χ0) is 13.4. The number of imidazole rings is 1. The average molecular weight is 272 g/mol. The van der Waals surface area contributed by atoms with E-state index >= 15 is 0 Å². The molecule has 0 amide bonds. The van der Waals surface area contributed by atoms with Crippen LogP contribution >= 0.6 is 11.6 Å². The fourth-order valence-corrected chi connectivity index (χ4v) is 2.56. The zero-order valence-corrected chi connectivity index (χ0v) is 11.4. The molecule has 3 aromatic rings. The average Bonchev–Trinajstić information content (AvgIpc) is 2.79. The summed E-state index contributed by atoms with van der Waals surface area (Å²) in [7, 11) is 0. The molecule has 2 N–H and O–H groups in total. The van der Waals surface area contributed by atoms with E-state index in [0.29, 0.717) is 10.7 Å². The molecule has 0 saturated heterocycles. The smallest absolute Gasteiger partial charge is 0.142 e. The van der Waals surface area contributed by atoms with Gasteiger partial charge in [0.1, 0.15) is 11.3 Å². The summed E-state index contributed by atoms with van der Waals surface area (Å²) in [5.41, 5.74) is 9.50. The molecular formula is C15H14ClN3. The van der Waals surface area contributed by atoms with Crippen LogP contribution in [0.4, 0.5) is 5.69 Å². The van der Waals surface area contributed by atoms with Crippen molar-refractivity contribution in [3.8, 4) is 11.4 Å². The molecule has 0 aliphatic heterocycles. The van der Waals surface area contributed by atoms with Crippen molar-refractivity contribution in [1.29, 1.82) is 0 Å². The van der Waals surface area contributed by atoms with E-state index in [9.17, 15) is 0 Å². The van der Waals surface area contributed by atoms with Gasteiger partial charge >= 0.3 is 0 Å². The Morgan fingerprint density at radius 3 is 2.68 bits per heavy atom. The van der Waals surface area contributed by atoms with Gasteiger partial charge in [0.2, 0.25) is 0 Å². The van der Waals surface area contributed by atoms with E-state index in [1.807, 2.05) is 42.5 Å². The number of halogens is 1. The number of anilines is 1. The molecule has 3 nitrogen and oxygen atoms in total. The quantitative estimate of drug-likeness (QED) is 0.717. The predicted octanol–water partition coefficient (Wildman–Crippen LogP) is 3.96. The zero-order valence-electron chi connectivity index (χ0n) is 10.6. The molecule has 0 aliphatic carbocycles. The Bertz CT molecular complexity index is 746. The number of benzene rings is 2. The lowest BCUT2D eigenvalue weighted by molar-refractivity contribution is 0.796. The molecule has 1 heterocycles. The minimum atomic E-state index is 0.693. The lowest BCUT2D eigenvalue weighted by Crippen LogP contribution is -1.97. The molecule has 96 valence electrons. The summed E-state index contributed by atoms with van der Waals surface area (Å²) in [5.74, 6) is 0.862. The summed E-state index contributed by atoms with van der Waals surface area (Å²) in [6, 6.07) is 13.6. The molecule has 0 aliphatic rings. The predicted molar refractivity (Wildman–Crippen MR) is 80.3 cm³/mol. The number of nitrogens with zero attached hydrogens (tertiary/aromatic N) is 2. The molecule has 0 unspecified atom stereocenters. The van der Waals surface area contributed by atoms with Crippen LogP contribution in [0.3, 0.4) is 0 Å². The number of hydrogen-bond donors (Lipinski definition) is 1. The van der Waals surface area contributed by atoms with Crippen LogP contribution in [0.25, 0.3) is 22.4 Å². The van der Waals surface area contributed by atoms with E-state index in [-0.39, 0.29) is 0 Å². The maximum Gasteiger partial charge on any atom is 0.142 e. The highest BCUT2D eigenvalue weighted by Crippen LogP contribution is 2.31. The first-order chi connectivity index (χ1) is 9.22. The van der Waals surface area contributed by atoms with Gasteiger partial charge in [0.25, 0.3) is 0 Å². The fourth-order valence-electron chi connectivity index (χ4n) is 2.34. The first-order valence-electron chi connectivity index (χ1n) is 6.22. The minimum Gasteiger partial charge on any atom is -0.397 e. The highest BCUT2D eigenvalue weighted by molar-refractivity contribution is 6.33. The maximum atomic E-state index is 6.27. The third-order valence-corrected chi connectivity index (χ3v) is 3.57. The van der Waals surface area contributed by atoms with Crippen LogP contribution in [0, 0.1) is 0 Å². The number of para-hydroxylation sites is 1. The Kier molecular flexibility index (Phi) is 2.91. The van der Waals surface area contributed by atoms with E-state index in [0.717, 1.165) is 29.0 Å². The Hall–Kier alpha value is -2.00. The van der Waals surface area contributed by atoms with Crippen molar-refractivity contribution >= 4 is 28.3 Å². The molecule has 19 heavy (non-hydrogen) atoms. The van der Waals surface area contributed by atoms with Gasteiger partial charge in [0.05, 0.1) is 16.2 Å². The summed E-state index contributed by atoms with van der Waals surface area (Å²) in [4.78, 5) is 4.67. The van der Waals surface area contributed by atoms with Crippen molar-refractivity contribution in [1.82, 2.24) is 9.55 Å². The standard InChI is InChI=1S/C15H14ClN3/c1-2-19-13-9-5-8-12(17)14(13)18-15(19)10-6-3-4-7-11(10)16/h3-9H,2,17H2,1H3. The second kappa shape index (κ2) is 4.59. The van der Waals surface area contributed by atoms with Crippen LogP contribution in [0.15, 0.2) is 42.5 Å². The Morgan fingerprint density at radius 1 is 1.16 bits per heavy atom. The Labute approximate surface area is 116 Å². The highest BCUT2D eigenvalue weighted by atomic mass is 35.5. The molecule has 0 spiro atoms. The van der Waals surface area contributed by atoms with Gasteiger partial charge < -0.3 is 10.3 Å². The normalized spacial score (nSPS) is 11.1. The van der Waals surface area contributed by atoms with Gasteiger partial charge in [-0.15, -0.1) is 0 Å². The van der Waals surface area contributed by atoms with E-state index < -0.39 is 0 Å². The highest BCUT2D eigenvalue weighted by Gasteiger charge is 2.14. The molecule has 4 heteroatoms. The maximum absolute atomic E-state index is 6.27. The third-order valence-electron chi connectivity index (χ3n) is 3.24. The first-order valence-corrected chi connectivity index (χ1v) is 6.59. The van der Waals surface area contributed by atoms with Crippen molar-refractivity contribution in [2.45, 2.75) is 13.5 Å². The molecule has 2 aromatic carbocycles. The summed E-state index contributed by atoms with van der Waals surface area (Å²) in [5, 5.41) is 0.700. The van der Waals surface area contributed by atoms with Gasteiger partial charge in [-0.25, -0.2) is 4.98 Å². The fraction of sp³-hybridized carbons (Fsp3) is 0.133. The summed E-state index contributed by atoms with van der Waals surface area (Å²) < 4.78 is 2.13. The SMILES string of the molecule is CCn1c(-c2ccccc2Cl)nc2c(N)cccc21. The number of aryl methyl sites for hydroxylation is 1. The summed E-state index contributed by atoms with van der Waals surface area (Å²) in [6.45, 7) is 2.91. The number of nitrogen functional groups attached to an aromatic ring is 1. The lowest BCUT2D eigenvalue weighted by Gasteiger charge is -2.07. The monoisotopic (exact) mass is 271 g/mol. The molecule has 3 rings (SSSR count). The first kappa shape index (κ1) is 12.1. The van der Waals surface area contributed by atoms with Crippen LogP contribution in [-0.4, -0.2) is 9.55 Å². The second-order valence-corrected chi connectivity index (χ2v) is 4.78. The largest absolute Gasteiger partial charge is 0.397 e. The Morgan fingerprint density at radius 2 is 1.95 bits per heavy atom. The Balaban J connectivity index is 2.36. The van der Waals surface area contributed by atoms with E-state index in [1.165, 1.54) is 0 Å². The molecule has 0 bridgehead atoms. The number of aromatic nitrogens is 2. The van der Waals surface area contributed by atoms with Crippen LogP contribution in [0.5, 0.6) is 0 Å². The van der Waals surface area contributed by atoms with Crippen LogP contribution in [0.2, 0.25) is 5.02 Å². The number of fused-ring (bicyclic) bond motifs is 1. The summed E-state index contributed by atoms with van der Waals surface area (Å²) >= 11 is 6.27. The molecule has 0 radical (unpaired) electrons. The van der Waals surface area contributed by atoms with E-state index in [2.05, 4.69) is 16.5 Å². The number of nitrogens with two attached hydrogens (primary N) is 1. The van der Waals surface area contributed by atoms with Crippen molar-refractivity contribution in [2.75, 3.05) is 5.73 Å². The van der Waals surface area contributed by atoms with Crippen molar-refractivity contribution < 1.29 is 0 Å². The number of hydrogen-bond acceptors (Lipinski definition) is 2. The second-order valence-electron chi connectivity index (χ2n) is 4.37. The van der Waals surface area contributed by atoms with Gasteiger partial charge in [-0.3, -0.25) is 0 Å². The van der Waals surface area contributed by atoms with Gasteiger partial charge in [-0.2, -0.15) is 0 Å². The lowest BCUT2D eigenvalue weighted by atomic mass is 10.2. The van der Waals surface area contributed by atoms with Crippen molar-refractivity contribution in [3.63, 3.8) is 0 Å². The van der Waals surface area contributed by atoms with Crippen LogP contribution in [0.1, 0.15) is 6.92 Å². The van der Waals surface area contributed by atoms with Crippen molar-refractivity contribution in [2.24, 2.45) is 0 Å². The van der Waals surface area contributed by atoms with E-state index in [4.69, 9.17) is 17.3 Å². The molecular weight excluding hydrogens is 258 g/mol. The summed E-state index contributed by atoms with van der Waals surface area (Å²) in [6.07, 6.45) is 0. The number of rotatable bonds is 2. The van der Waals surface area contributed by atoms with Crippen molar-refractivity contribution in [3.05, 3.63) is 47.5 Å². The molecule has 1 aromatic heterocycles. The van der Waals surface area contributed by atoms with Crippen LogP contribution in [-0.2, 0) is 6.54 Å². The molecule has 0 atom stereocenters. The molecule has 0 saturated carbocycles. The van der Waals surface area contributed by atoms with Gasteiger partial charge in [-0.05, 0) is 31.2 Å². The van der Waals surface area contributed by atoms with E-state index in [1.54, 1.807) is 0 Å². The van der Waals surface area contributed by atoms with Gasteiger partial charge in [-0.1, -0.05) is 29.8 Å². The minimum absolute atomic E-state index is 0.693.